The van der Waals surface area contributed by atoms with Crippen LogP contribution >= 0.6 is 0 Å². The van der Waals surface area contributed by atoms with E-state index in [0.29, 0.717) is 0 Å². The molecule has 0 spiro atoms. The molecule has 0 rings (SSSR count). The van der Waals surface area contributed by atoms with E-state index in [4.69, 9.17) is 11.1 Å². The Morgan fingerprint density at radius 1 is 1.33 bits per heavy atom. The molecule has 9 heavy (non-hydrogen) atoms. The highest BCUT2D eigenvalue weighted by Gasteiger charge is 1.97. The fourth-order valence-corrected chi connectivity index (χ4v) is 0.168. The molecular weight excluding hydrogens is 124 g/mol. The molecular formula is C2HN6O. The smallest absolute Gasteiger partial charge is 0.213 e. The fourth-order valence-electron chi connectivity index (χ4n) is 0.168. The summed E-state index contributed by atoms with van der Waals surface area (Å²) in [5.74, 6) is 0. The van der Waals surface area contributed by atoms with Gasteiger partial charge >= 0.3 is 0 Å². The molecule has 0 N–H and O–H groups in total. The molecule has 0 aliphatic heterocycles. The number of azide groups is 1. The molecule has 1 radical (unpaired) electrons. The summed E-state index contributed by atoms with van der Waals surface area (Å²) >= 11 is 0. The molecule has 0 saturated carbocycles. The molecule has 0 unspecified atom stereocenters. The largest absolute Gasteiger partial charge is 0.290 e. The zero-order chi connectivity index (χ0) is 7.11. The molecule has 0 saturated heterocycles. The summed E-state index contributed by atoms with van der Waals surface area (Å²) in [5, 5.41) is 5.54. The van der Waals surface area contributed by atoms with Crippen LogP contribution in [0.5, 0.6) is 0 Å². The highest BCUT2D eigenvalue weighted by atomic mass is 16.1. The van der Waals surface area contributed by atoms with Gasteiger partial charge in [-0.3, -0.25) is 4.79 Å². The SMILES string of the molecule is [N-]=[N+]=NC([C]=O)N=[N+]=[N-]. The summed E-state index contributed by atoms with van der Waals surface area (Å²) in [6.07, 6.45) is -0.162. The van der Waals surface area contributed by atoms with E-state index < -0.39 is 6.17 Å². The van der Waals surface area contributed by atoms with Crippen molar-refractivity contribution in [2.24, 2.45) is 10.2 Å². The molecule has 0 aliphatic rings. The average molecular weight is 125 g/mol. The summed E-state index contributed by atoms with van der Waals surface area (Å²) in [7, 11) is 0. The summed E-state index contributed by atoms with van der Waals surface area (Å²) in [5.41, 5.74) is 15.4. The second-order valence-corrected chi connectivity index (χ2v) is 0.901. The lowest BCUT2D eigenvalue weighted by Crippen LogP contribution is -1.96. The van der Waals surface area contributed by atoms with E-state index in [1.54, 1.807) is 0 Å². The van der Waals surface area contributed by atoms with Crippen molar-refractivity contribution in [3.63, 3.8) is 0 Å². The van der Waals surface area contributed by atoms with Gasteiger partial charge in [0, 0.05) is 9.82 Å². The van der Waals surface area contributed by atoms with Gasteiger partial charge in [-0.05, 0) is 11.1 Å². The van der Waals surface area contributed by atoms with Crippen LogP contribution in [-0.4, -0.2) is 12.5 Å². The minimum absolute atomic E-state index is 1.21. The van der Waals surface area contributed by atoms with Gasteiger partial charge in [0.05, 0.1) is 0 Å². The van der Waals surface area contributed by atoms with Gasteiger partial charge in [0.1, 0.15) is 0 Å². The molecule has 0 aliphatic carbocycles. The molecule has 0 amide bonds. The molecule has 0 heterocycles. The summed E-state index contributed by atoms with van der Waals surface area (Å²) in [6.45, 7) is 0. The highest BCUT2D eigenvalue weighted by molar-refractivity contribution is 5.58. The topological polar surface area (TPSA) is 115 Å². The van der Waals surface area contributed by atoms with E-state index in [1.807, 2.05) is 0 Å². The standard InChI is InChI=1S/C2HN6O/c3-7-5-2(1-9)6-8-4/h2H. The maximum absolute atomic E-state index is 9.63. The number of carbonyl (C=O) groups excluding carboxylic acids is 1. The molecule has 45 valence electrons. The number of rotatable bonds is 3. The molecule has 7 heteroatoms. The number of hydrogen-bond acceptors (Lipinski definition) is 3. The van der Waals surface area contributed by atoms with E-state index in [0.717, 1.165) is 0 Å². The Morgan fingerprint density at radius 3 is 2.00 bits per heavy atom. The molecule has 0 fully saturated rings. The third kappa shape index (κ3) is 2.93. The van der Waals surface area contributed by atoms with Gasteiger partial charge in [-0.15, -0.1) is 0 Å². The van der Waals surface area contributed by atoms with Gasteiger partial charge in [-0.1, -0.05) is 10.2 Å². The van der Waals surface area contributed by atoms with Crippen molar-refractivity contribution in [3.8, 4) is 0 Å². The van der Waals surface area contributed by atoms with Crippen molar-refractivity contribution in [1.29, 1.82) is 0 Å². The van der Waals surface area contributed by atoms with Crippen LogP contribution in [0, 0.1) is 0 Å². The Hall–Kier alpha value is -1.71. The van der Waals surface area contributed by atoms with Crippen LogP contribution in [0.2, 0.25) is 0 Å². The fraction of sp³-hybridized carbons (Fsp3) is 0.500. The molecule has 0 aromatic carbocycles. The minimum atomic E-state index is -1.37. The Labute approximate surface area is 49.5 Å². The Bertz CT molecular complexity index is 167. The summed E-state index contributed by atoms with van der Waals surface area (Å²) < 4.78 is 0. The molecule has 0 bridgehead atoms. The Balaban J connectivity index is 4.14. The van der Waals surface area contributed by atoms with Crippen molar-refractivity contribution in [1.82, 2.24) is 0 Å². The summed E-state index contributed by atoms with van der Waals surface area (Å²) in [4.78, 5) is 14.1. The average Bonchev–Trinajstić information content (AvgIpc) is 1.88. The van der Waals surface area contributed by atoms with Gasteiger partial charge in [0.15, 0.2) is 6.17 Å². The van der Waals surface area contributed by atoms with Crippen LogP contribution < -0.4 is 0 Å². The Kier molecular flexibility index (Phi) is 3.60. The minimum Gasteiger partial charge on any atom is -0.290 e. The van der Waals surface area contributed by atoms with Crippen molar-refractivity contribution in [2.45, 2.75) is 6.17 Å². The van der Waals surface area contributed by atoms with Crippen LogP contribution in [0.3, 0.4) is 0 Å². The van der Waals surface area contributed by atoms with Gasteiger partial charge in [0.25, 0.3) is 0 Å². The zero-order valence-electron chi connectivity index (χ0n) is 4.17. The van der Waals surface area contributed by atoms with Crippen LogP contribution in [0.25, 0.3) is 20.9 Å². The van der Waals surface area contributed by atoms with Gasteiger partial charge in [0.2, 0.25) is 6.29 Å². The van der Waals surface area contributed by atoms with Crippen molar-refractivity contribution in [2.75, 3.05) is 0 Å². The van der Waals surface area contributed by atoms with Crippen LogP contribution in [0.15, 0.2) is 10.2 Å². The predicted molar refractivity (Wildman–Crippen MR) is 27.8 cm³/mol. The molecule has 0 atom stereocenters. The lowest BCUT2D eigenvalue weighted by atomic mass is 10.6. The maximum Gasteiger partial charge on any atom is 0.213 e. The number of hydrogen-bond donors (Lipinski definition) is 0. The second kappa shape index (κ2) is 4.45. The van der Waals surface area contributed by atoms with E-state index in [9.17, 15) is 4.79 Å². The quantitative estimate of drug-likeness (QED) is 0.313. The van der Waals surface area contributed by atoms with Crippen LogP contribution in [0.4, 0.5) is 0 Å². The van der Waals surface area contributed by atoms with Gasteiger partial charge in [-0.2, -0.15) is 0 Å². The lowest BCUT2D eigenvalue weighted by Gasteiger charge is -1.82. The first kappa shape index (κ1) is 7.29. The maximum atomic E-state index is 9.63. The predicted octanol–water partition coefficient (Wildman–Crippen LogP) is 1.04. The van der Waals surface area contributed by atoms with Gasteiger partial charge in [-0.25, -0.2) is 0 Å². The first-order chi connectivity index (χ1) is 4.35. The third-order valence-electron chi connectivity index (χ3n) is 0.427. The van der Waals surface area contributed by atoms with Crippen LogP contribution in [-0.2, 0) is 4.79 Å². The third-order valence-corrected chi connectivity index (χ3v) is 0.427. The second-order valence-electron chi connectivity index (χ2n) is 0.901. The zero-order valence-corrected chi connectivity index (χ0v) is 4.17. The van der Waals surface area contributed by atoms with Crippen molar-refractivity contribution in [3.05, 3.63) is 20.9 Å². The highest BCUT2D eigenvalue weighted by Crippen LogP contribution is 1.87. The Morgan fingerprint density at radius 2 is 1.78 bits per heavy atom. The van der Waals surface area contributed by atoms with Crippen molar-refractivity contribution < 1.29 is 4.79 Å². The monoisotopic (exact) mass is 125 g/mol. The summed E-state index contributed by atoms with van der Waals surface area (Å²) in [6, 6.07) is 0. The first-order valence-electron chi connectivity index (χ1n) is 1.81. The van der Waals surface area contributed by atoms with E-state index >= 15 is 0 Å². The van der Waals surface area contributed by atoms with E-state index in [-0.39, 0.29) is 0 Å². The number of nitrogens with zero attached hydrogens (tertiary/aromatic N) is 6. The molecule has 0 aromatic rings. The van der Waals surface area contributed by atoms with E-state index in [2.05, 4.69) is 20.1 Å². The van der Waals surface area contributed by atoms with E-state index in [1.165, 1.54) is 6.29 Å². The normalized spacial score (nSPS) is 10.2. The first-order valence-corrected chi connectivity index (χ1v) is 1.81. The van der Waals surface area contributed by atoms with Crippen molar-refractivity contribution >= 4 is 6.29 Å². The lowest BCUT2D eigenvalue weighted by molar-refractivity contribution is 0.543. The van der Waals surface area contributed by atoms with Crippen LogP contribution in [0.1, 0.15) is 0 Å². The van der Waals surface area contributed by atoms with Gasteiger partial charge < -0.3 is 0 Å². The molecule has 7 nitrogen and oxygen atoms in total. The molecule has 0 aromatic heterocycles.